The fourth-order valence-electron chi connectivity index (χ4n) is 1.22. The molecule has 0 aliphatic heterocycles. The molecule has 0 saturated heterocycles. The Bertz CT molecular complexity index is 164. The smallest absolute Gasteiger partial charge is 0.139 e. The highest BCUT2D eigenvalue weighted by molar-refractivity contribution is 7.97. The van der Waals surface area contributed by atoms with Crippen molar-refractivity contribution >= 4 is 18.2 Å². The van der Waals surface area contributed by atoms with Crippen molar-refractivity contribution in [2.75, 3.05) is 19.8 Å². The second-order valence-corrected chi connectivity index (χ2v) is 4.78. The van der Waals surface area contributed by atoms with E-state index >= 15 is 0 Å². The van der Waals surface area contributed by atoms with E-state index in [4.69, 9.17) is 5.14 Å². The summed E-state index contributed by atoms with van der Waals surface area (Å²) in [5.41, 5.74) is 0.409. The fraction of sp³-hybridized carbons (Fsp3) is 0.900. The van der Waals surface area contributed by atoms with Crippen molar-refractivity contribution in [3.63, 3.8) is 0 Å². The van der Waals surface area contributed by atoms with E-state index in [0.717, 1.165) is 12.2 Å². The average molecular weight is 203 g/mol. The standard InChI is InChI=1S/C10H23N2S/c1-5-10(2,9-13-11)7-6-8-12(3)4/h8H,5-7,9,11H2,1-4H3/q+1. The number of nitrogens with zero attached hydrogens (tertiary/aromatic N) is 1. The summed E-state index contributed by atoms with van der Waals surface area (Å²) >= 11 is 1.46. The van der Waals surface area contributed by atoms with E-state index in [0.29, 0.717) is 5.41 Å². The Morgan fingerprint density at radius 1 is 1.46 bits per heavy atom. The summed E-state index contributed by atoms with van der Waals surface area (Å²) in [5, 5.41) is 5.52. The summed E-state index contributed by atoms with van der Waals surface area (Å²) in [5.74, 6) is 1.06. The predicted octanol–water partition coefficient (Wildman–Crippen LogP) is 2.13. The Morgan fingerprint density at radius 3 is 2.46 bits per heavy atom. The van der Waals surface area contributed by atoms with Gasteiger partial charge in [-0.3, -0.25) is 5.14 Å². The lowest BCUT2D eigenvalue weighted by molar-refractivity contribution is -0.460. The van der Waals surface area contributed by atoms with E-state index in [1.54, 1.807) is 0 Å². The molecule has 0 radical (unpaired) electrons. The van der Waals surface area contributed by atoms with E-state index < -0.39 is 0 Å². The topological polar surface area (TPSA) is 29.0 Å². The molecule has 0 aromatic heterocycles. The number of hydrogen-bond donors (Lipinski definition) is 1. The molecule has 0 aromatic rings. The lowest BCUT2D eigenvalue weighted by Gasteiger charge is -2.25. The molecule has 1 unspecified atom stereocenters. The van der Waals surface area contributed by atoms with E-state index in [2.05, 4.69) is 38.7 Å². The third kappa shape index (κ3) is 6.11. The van der Waals surface area contributed by atoms with Crippen LogP contribution in [0.2, 0.25) is 0 Å². The second kappa shape index (κ2) is 6.44. The van der Waals surface area contributed by atoms with E-state index in [1.807, 2.05) is 0 Å². The van der Waals surface area contributed by atoms with Gasteiger partial charge in [-0.15, -0.1) is 0 Å². The lowest BCUT2D eigenvalue weighted by Crippen LogP contribution is -2.20. The van der Waals surface area contributed by atoms with Crippen LogP contribution in [-0.2, 0) is 0 Å². The Hall–Kier alpha value is -0.0200. The van der Waals surface area contributed by atoms with E-state index in [1.165, 1.54) is 24.8 Å². The van der Waals surface area contributed by atoms with Gasteiger partial charge in [0.25, 0.3) is 0 Å². The molecule has 0 aliphatic rings. The Kier molecular flexibility index (Phi) is 6.43. The van der Waals surface area contributed by atoms with Gasteiger partial charge < -0.3 is 0 Å². The summed E-state index contributed by atoms with van der Waals surface area (Å²) in [6.07, 6.45) is 5.82. The monoisotopic (exact) mass is 203 g/mol. The normalized spacial score (nSPS) is 15.2. The summed E-state index contributed by atoms with van der Waals surface area (Å²) in [4.78, 5) is 0. The molecule has 0 amide bonds. The van der Waals surface area contributed by atoms with Gasteiger partial charge in [-0.05, 0) is 18.3 Å². The van der Waals surface area contributed by atoms with Crippen LogP contribution in [0.15, 0.2) is 0 Å². The largest absolute Gasteiger partial charge is 0.278 e. The third-order valence-corrected chi connectivity index (χ3v) is 3.39. The average Bonchev–Trinajstić information content (AvgIpc) is 2.04. The molecule has 0 heterocycles. The van der Waals surface area contributed by atoms with Gasteiger partial charge in [0.1, 0.15) is 20.3 Å². The first-order chi connectivity index (χ1) is 6.04. The molecule has 3 heteroatoms. The highest BCUT2D eigenvalue weighted by atomic mass is 32.2. The Labute approximate surface area is 86.7 Å². The van der Waals surface area contributed by atoms with Gasteiger partial charge in [0, 0.05) is 12.2 Å². The van der Waals surface area contributed by atoms with Crippen LogP contribution < -0.4 is 5.14 Å². The van der Waals surface area contributed by atoms with Crippen molar-refractivity contribution in [3.05, 3.63) is 0 Å². The van der Waals surface area contributed by atoms with Crippen LogP contribution in [0.3, 0.4) is 0 Å². The molecule has 1 atom stereocenters. The van der Waals surface area contributed by atoms with E-state index in [-0.39, 0.29) is 0 Å². The number of hydrogen-bond acceptors (Lipinski definition) is 2. The van der Waals surface area contributed by atoms with Gasteiger partial charge in [-0.25, -0.2) is 4.58 Å². The number of nitrogens with two attached hydrogens (primary N) is 1. The molecule has 2 N–H and O–H groups in total. The first-order valence-corrected chi connectivity index (χ1v) is 5.90. The minimum atomic E-state index is 0.409. The number of rotatable bonds is 6. The Balaban J connectivity index is 3.90. The Morgan fingerprint density at radius 2 is 2.08 bits per heavy atom. The molecule has 2 nitrogen and oxygen atoms in total. The van der Waals surface area contributed by atoms with Gasteiger partial charge in [0.2, 0.25) is 0 Å². The third-order valence-electron chi connectivity index (χ3n) is 2.53. The van der Waals surface area contributed by atoms with Crippen LogP contribution in [0.4, 0.5) is 0 Å². The highest BCUT2D eigenvalue weighted by Crippen LogP contribution is 2.29. The molecule has 0 spiro atoms. The summed E-state index contributed by atoms with van der Waals surface area (Å²) in [6, 6.07) is 0. The maximum absolute atomic E-state index is 5.52. The zero-order chi connectivity index (χ0) is 10.3. The molecule has 0 saturated carbocycles. The second-order valence-electron chi connectivity index (χ2n) is 4.16. The van der Waals surface area contributed by atoms with Crippen molar-refractivity contribution in [3.8, 4) is 0 Å². The maximum Gasteiger partial charge on any atom is 0.139 e. The van der Waals surface area contributed by atoms with Gasteiger partial charge in [-0.2, -0.15) is 0 Å². The molecule has 0 rings (SSSR count). The van der Waals surface area contributed by atoms with Crippen molar-refractivity contribution in [2.24, 2.45) is 10.6 Å². The molecule has 0 aromatic carbocycles. The van der Waals surface area contributed by atoms with Crippen LogP contribution in [0, 0.1) is 5.41 Å². The van der Waals surface area contributed by atoms with Crippen LogP contribution >= 0.6 is 11.9 Å². The van der Waals surface area contributed by atoms with Gasteiger partial charge in [-0.1, -0.05) is 25.8 Å². The van der Waals surface area contributed by atoms with Crippen LogP contribution in [-0.4, -0.2) is 30.6 Å². The van der Waals surface area contributed by atoms with Gasteiger partial charge in [0.15, 0.2) is 0 Å². The first kappa shape index (κ1) is 13.0. The predicted molar refractivity (Wildman–Crippen MR) is 62.4 cm³/mol. The van der Waals surface area contributed by atoms with Gasteiger partial charge in [0.05, 0.1) is 0 Å². The zero-order valence-corrected chi connectivity index (χ0v) is 10.2. The first-order valence-electron chi connectivity index (χ1n) is 4.85. The minimum absolute atomic E-state index is 0.409. The maximum atomic E-state index is 5.52. The van der Waals surface area contributed by atoms with Crippen molar-refractivity contribution in [1.82, 2.24) is 0 Å². The molecular formula is C10H23N2S+. The van der Waals surface area contributed by atoms with E-state index in [9.17, 15) is 0 Å². The van der Waals surface area contributed by atoms with Crippen molar-refractivity contribution < 1.29 is 4.58 Å². The van der Waals surface area contributed by atoms with Gasteiger partial charge >= 0.3 is 0 Å². The summed E-state index contributed by atoms with van der Waals surface area (Å²) < 4.78 is 2.12. The molecular weight excluding hydrogens is 180 g/mol. The highest BCUT2D eigenvalue weighted by Gasteiger charge is 2.20. The van der Waals surface area contributed by atoms with Crippen LogP contribution in [0.1, 0.15) is 33.1 Å². The molecule has 0 aliphatic carbocycles. The van der Waals surface area contributed by atoms with Crippen LogP contribution in [0.5, 0.6) is 0 Å². The summed E-state index contributed by atoms with van der Waals surface area (Å²) in [7, 11) is 4.14. The molecule has 78 valence electrons. The molecule has 0 bridgehead atoms. The van der Waals surface area contributed by atoms with Crippen molar-refractivity contribution in [1.29, 1.82) is 0 Å². The van der Waals surface area contributed by atoms with Crippen molar-refractivity contribution in [2.45, 2.75) is 33.1 Å². The zero-order valence-electron chi connectivity index (χ0n) is 9.34. The molecule has 0 fully saturated rings. The fourth-order valence-corrected chi connectivity index (χ4v) is 1.97. The quantitative estimate of drug-likeness (QED) is 0.407. The molecule has 13 heavy (non-hydrogen) atoms. The summed E-state index contributed by atoms with van der Waals surface area (Å²) in [6.45, 7) is 4.56. The minimum Gasteiger partial charge on any atom is -0.278 e. The van der Waals surface area contributed by atoms with Crippen LogP contribution in [0.25, 0.3) is 0 Å². The SMILES string of the molecule is CCC(C)(CCC=[N+](C)C)CSN. The lowest BCUT2D eigenvalue weighted by atomic mass is 9.85.